The first-order chi connectivity index (χ1) is 14.8. The molecule has 1 aromatic heterocycles. The molecule has 0 spiro atoms. The molecule has 0 unspecified atom stereocenters. The minimum absolute atomic E-state index is 0.500. The number of carbonyl (C=O) groups is 1. The number of carbonyl (C=O) groups excluding carboxylic acids is 1. The van der Waals surface area contributed by atoms with Crippen molar-refractivity contribution < 1.29 is 17.6 Å². The van der Waals surface area contributed by atoms with Crippen molar-refractivity contribution in [3.8, 4) is 11.3 Å². The molecule has 4 rings (SSSR count). The van der Waals surface area contributed by atoms with E-state index in [0.29, 0.717) is 5.69 Å². The second-order valence-corrected chi connectivity index (χ2v) is 9.22. The number of nitrogens with zero attached hydrogens (tertiary/aromatic N) is 2. The first kappa shape index (κ1) is 21.2. The third kappa shape index (κ3) is 4.67. The van der Waals surface area contributed by atoms with Gasteiger partial charge in [0.05, 0.1) is 11.7 Å². The molecule has 1 aliphatic rings. The van der Waals surface area contributed by atoms with Crippen molar-refractivity contribution in [2.45, 2.75) is 43.7 Å². The van der Waals surface area contributed by atoms with Gasteiger partial charge in [-0.15, -0.1) is 0 Å². The number of nitrogens with one attached hydrogen (secondary N) is 2. The van der Waals surface area contributed by atoms with E-state index in [1.54, 1.807) is 18.2 Å². The molecule has 0 fully saturated rings. The summed E-state index contributed by atoms with van der Waals surface area (Å²) in [5, 5.41) is 2.71. The maximum atomic E-state index is 13.8. The number of sulfonamides is 1. The average Bonchev–Trinajstić information content (AvgIpc) is 3.18. The quantitative estimate of drug-likeness (QED) is 0.612. The second kappa shape index (κ2) is 8.60. The van der Waals surface area contributed by atoms with E-state index >= 15 is 0 Å². The van der Waals surface area contributed by atoms with Crippen LogP contribution >= 0.6 is 0 Å². The van der Waals surface area contributed by atoms with Gasteiger partial charge in [-0.1, -0.05) is 24.3 Å². The Kier molecular flexibility index (Phi) is 5.88. The van der Waals surface area contributed by atoms with E-state index in [9.17, 15) is 17.6 Å². The van der Waals surface area contributed by atoms with Crippen LogP contribution in [0.1, 0.15) is 25.6 Å². The summed E-state index contributed by atoms with van der Waals surface area (Å²) < 4.78 is 43.0. The Hall–Kier alpha value is -3.04. The number of fused-ring (bicyclic) bond motifs is 1. The molecule has 1 atom stereocenters. The van der Waals surface area contributed by atoms with Crippen LogP contribution in [0.4, 0.5) is 10.1 Å². The van der Waals surface area contributed by atoms with Gasteiger partial charge >= 0.3 is 0 Å². The summed E-state index contributed by atoms with van der Waals surface area (Å²) in [5.41, 5.74) is 2.21. The summed E-state index contributed by atoms with van der Waals surface area (Å²) in [4.78, 5) is 16.8. The van der Waals surface area contributed by atoms with Gasteiger partial charge in [0.15, 0.2) is 0 Å². The van der Waals surface area contributed by atoms with Gasteiger partial charge in [0.25, 0.3) is 0 Å². The van der Waals surface area contributed by atoms with Crippen LogP contribution in [0.2, 0.25) is 0 Å². The minimum atomic E-state index is -4.18. The minimum Gasteiger partial charge on any atom is -0.334 e. The Balaban J connectivity index is 1.47. The highest BCUT2D eigenvalue weighted by Gasteiger charge is 2.24. The Morgan fingerprint density at radius 3 is 2.74 bits per heavy atom. The van der Waals surface area contributed by atoms with E-state index < -0.39 is 32.7 Å². The molecule has 1 amide bonds. The van der Waals surface area contributed by atoms with Crippen LogP contribution in [-0.2, 0) is 27.8 Å². The van der Waals surface area contributed by atoms with Crippen LogP contribution in [0, 0.1) is 5.82 Å². The normalized spacial score (nSPS) is 14.6. The largest absolute Gasteiger partial charge is 0.334 e. The topological polar surface area (TPSA) is 93.1 Å². The summed E-state index contributed by atoms with van der Waals surface area (Å²) in [6.07, 6.45) is 5.24. The van der Waals surface area contributed by atoms with Gasteiger partial charge in [-0.2, -0.15) is 4.72 Å². The van der Waals surface area contributed by atoms with Gasteiger partial charge in [-0.3, -0.25) is 4.79 Å². The molecule has 2 N–H and O–H groups in total. The molecule has 162 valence electrons. The Labute approximate surface area is 180 Å². The number of aryl methyl sites for hydroxylation is 2. The molecule has 1 aliphatic heterocycles. The van der Waals surface area contributed by atoms with Gasteiger partial charge in [-0.05, 0) is 44.0 Å². The molecule has 0 radical (unpaired) electrons. The lowest BCUT2D eigenvalue weighted by atomic mass is 10.1. The van der Waals surface area contributed by atoms with Crippen LogP contribution in [-0.4, -0.2) is 29.9 Å². The number of hydrogen-bond acceptors (Lipinski definition) is 4. The molecule has 2 heterocycles. The summed E-state index contributed by atoms with van der Waals surface area (Å²) in [6, 6.07) is 11.1. The predicted molar refractivity (Wildman–Crippen MR) is 115 cm³/mol. The van der Waals surface area contributed by atoms with E-state index in [1.165, 1.54) is 19.1 Å². The smallest absolute Gasteiger partial charge is 0.244 e. The van der Waals surface area contributed by atoms with Crippen molar-refractivity contribution in [2.24, 2.45) is 0 Å². The van der Waals surface area contributed by atoms with E-state index in [4.69, 9.17) is 0 Å². The zero-order chi connectivity index (χ0) is 22.0. The highest BCUT2D eigenvalue weighted by atomic mass is 32.2. The summed E-state index contributed by atoms with van der Waals surface area (Å²) >= 11 is 0. The third-order valence-electron chi connectivity index (χ3n) is 5.19. The van der Waals surface area contributed by atoms with Crippen molar-refractivity contribution in [1.82, 2.24) is 14.3 Å². The number of anilines is 1. The number of imidazole rings is 1. The average molecular weight is 443 g/mol. The van der Waals surface area contributed by atoms with Crippen molar-refractivity contribution in [2.75, 3.05) is 5.32 Å². The molecular weight excluding hydrogens is 419 g/mol. The Morgan fingerprint density at radius 1 is 1.16 bits per heavy atom. The maximum absolute atomic E-state index is 13.8. The Bertz CT molecular complexity index is 1200. The van der Waals surface area contributed by atoms with Crippen LogP contribution in [0.15, 0.2) is 59.6 Å². The van der Waals surface area contributed by atoms with Crippen molar-refractivity contribution in [3.05, 3.63) is 66.4 Å². The number of rotatable bonds is 6. The molecule has 0 saturated heterocycles. The van der Waals surface area contributed by atoms with E-state index in [1.807, 2.05) is 12.3 Å². The molecule has 7 nitrogen and oxygen atoms in total. The van der Waals surface area contributed by atoms with Crippen molar-refractivity contribution in [1.29, 1.82) is 0 Å². The molecule has 9 heteroatoms. The molecule has 0 bridgehead atoms. The number of amides is 1. The number of aromatic nitrogens is 2. The van der Waals surface area contributed by atoms with E-state index in [-0.39, 0.29) is 0 Å². The molecule has 2 aromatic carbocycles. The summed E-state index contributed by atoms with van der Waals surface area (Å²) in [7, 11) is -4.18. The van der Waals surface area contributed by atoms with Crippen LogP contribution in [0.3, 0.4) is 0 Å². The molecule has 0 aliphatic carbocycles. The van der Waals surface area contributed by atoms with Gasteiger partial charge in [0.1, 0.15) is 16.5 Å². The lowest BCUT2D eigenvalue weighted by Gasteiger charge is -2.15. The van der Waals surface area contributed by atoms with Crippen molar-refractivity contribution >= 4 is 21.6 Å². The van der Waals surface area contributed by atoms with Crippen LogP contribution < -0.4 is 10.0 Å². The highest BCUT2D eigenvalue weighted by Crippen LogP contribution is 2.25. The van der Waals surface area contributed by atoms with Gasteiger partial charge in [-0.25, -0.2) is 17.8 Å². The highest BCUT2D eigenvalue weighted by molar-refractivity contribution is 7.89. The van der Waals surface area contributed by atoms with Crippen molar-refractivity contribution in [3.63, 3.8) is 0 Å². The molecular formula is C22H23FN4O3S. The van der Waals surface area contributed by atoms with Crippen LogP contribution in [0.25, 0.3) is 11.3 Å². The lowest BCUT2D eigenvalue weighted by Crippen LogP contribution is -2.41. The second-order valence-electron chi connectivity index (χ2n) is 7.54. The fraction of sp³-hybridized carbons (Fsp3) is 0.273. The number of halogens is 1. The first-order valence-electron chi connectivity index (χ1n) is 10.1. The van der Waals surface area contributed by atoms with Gasteiger partial charge in [0, 0.05) is 30.4 Å². The SMILES string of the molecule is C[C@H](NS(=O)(=O)c1ccccc1F)C(=O)Nc1cccc(-c2cn3c(n2)CCCC3)c1. The van der Waals surface area contributed by atoms with Gasteiger partial charge < -0.3 is 9.88 Å². The third-order valence-corrected chi connectivity index (χ3v) is 6.76. The molecule has 3 aromatic rings. The van der Waals surface area contributed by atoms with Gasteiger partial charge in [0.2, 0.25) is 15.9 Å². The van der Waals surface area contributed by atoms with E-state index in [2.05, 4.69) is 19.6 Å². The van der Waals surface area contributed by atoms with Crippen LogP contribution in [0.5, 0.6) is 0 Å². The van der Waals surface area contributed by atoms with E-state index in [0.717, 1.165) is 55.0 Å². The standard InChI is InChI=1S/C22H23FN4O3S/c1-15(26-31(29,30)20-10-3-2-9-18(20)23)22(28)24-17-8-6-7-16(13-17)19-14-27-12-5-4-11-21(27)25-19/h2-3,6-10,13-15,26H,4-5,11-12H2,1H3,(H,24,28)/t15-/m0/s1. The maximum Gasteiger partial charge on any atom is 0.244 e. The summed E-state index contributed by atoms with van der Waals surface area (Å²) in [5.74, 6) is -0.369. The first-order valence-corrected chi connectivity index (χ1v) is 11.6. The number of benzene rings is 2. The zero-order valence-corrected chi connectivity index (χ0v) is 17.8. The fourth-order valence-corrected chi connectivity index (χ4v) is 4.85. The zero-order valence-electron chi connectivity index (χ0n) is 17.0. The lowest BCUT2D eigenvalue weighted by molar-refractivity contribution is -0.117. The summed E-state index contributed by atoms with van der Waals surface area (Å²) in [6.45, 7) is 2.36. The Morgan fingerprint density at radius 2 is 1.97 bits per heavy atom. The number of hydrogen-bond donors (Lipinski definition) is 2. The molecule has 31 heavy (non-hydrogen) atoms. The fourth-order valence-electron chi connectivity index (χ4n) is 3.57. The molecule has 0 saturated carbocycles. The predicted octanol–water partition coefficient (Wildman–Crippen LogP) is 3.33. The monoisotopic (exact) mass is 442 g/mol.